The van der Waals surface area contributed by atoms with E-state index in [9.17, 15) is 4.79 Å². The van der Waals surface area contributed by atoms with Crippen LogP contribution in [0.1, 0.15) is 27.2 Å². The SMILES string of the molecule is CCN1C(=O)N=C(N)C12CC(C)C2C. The fraction of sp³-hybridized carbons (Fsp3) is 0.800. The first-order chi connectivity index (χ1) is 6.54. The summed E-state index contributed by atoms with van der Waals surface area (Å²) in [5, 5.41) is 0. The molecule has 1 aliphatic heterocycles. The number of hydrogen-bond acceptors (Lipinski definition) is 2. The molecule has 0 aromatic heterocycles. The molecule has 0 radical (unpaired) electrons. The topological polar surface area (TPSA) is 58.7 Å². The molecule has 0 aromatic carbocycles. The Morgan fingerprint density at radius 3 is 2.71 bits per heavy atom. The van der Waals surface area contributed by atoms with E-state index in [1.54, 1.807) is 0 Å². The average molecular weight is 195 g/mol. The molecule has 3 atom stereocenters. The number of carbonyl (C=O) groups excluding carboxylic acids is 1. The summed E-state index contributed by atoms with van der Waals surface area (Å²) >= 11 is 0. The number of amidine groups is 1. The Labute approximate surface area is 84.2 Å². The highest BCUT2D eigenvalue weighted by Crippen LogP contribution is 2.49. The minimum absolute atomic E-state index is 0.163. The van der Waals surface area contributed by atoms with Crippen LogP contribution in [0.2, 0.25) is 0 Å². The Morgan fingerprint density at radius 2 is 2.29 bits per heavy atom. The number of rotatable bonds is 1. The second-order valence-electron chi connectivity index (χ2n) is 4.42. The molecule has 1 aliphatic carbocycles. The van der Waals surface area contributed by atoms with Crippen LogP contribution >= 0.6 is 0 Å². The van der Waals surface area contributed by atoms with Crippen molar-refractivity contribution in [3.8, 4) is 0 Å². The van der Waals surface area contributed by atoms with E-state index in [0.29, 0.717) is 24.2 Å². The monoisotopic (exact) mass is 195 g/mol. The first kappa shape index (κ1) is 9.49. The normalized spacial score (nSPS) is 41.5. The summed E-state index contributed by atoms with van der Waals surface area (Å²) in [4.78, 5) is 17.2. The second kappa shape index (κ2) is 2.72. The van der Waals surface area contributed by atoms with E-state index in [1.807, 2.05) is 11.8 Å². The standard InChI is InChI=1S/C10H17N3O/c1-4-13-9(14)12-8(11)10(13)5-6(2)7(10)3/h6-7H,4-5H2,1-3H3,(H2,11,12,14). The van der Waals surface area contributed by atoms with Gasteiger partial charge >= 0.3 is 6.03 Å². The van der Waals surface area contributed by atoms with Crippen molar-refractivity contribution in [2.45, 2.75) is 32.7 Å². The molecule has 0 bridgehead atoms. The number of carbonyl (C=O) groups is 1. The van der Waals surface area contributed by atoms with E-state index in [4.69, 9.17) is 5.73 Å². The van der Waals surface area contributed by atoms with Gasteiger partial charge in [-0.05, 0) is 25.2 Å². The predicted octanol–water partition coefficient (Wildman–Crippen LogP) is 1.21. The quantitative estimate of drug-likeness (QED) is 0.683. The van der Waals surface area contributed by atoms with Crippen molar-refractivity contribution in [1.82, 2.24) is 4.90 Å². The van der Waals surface area contributed by atoms with E-state index in [1.165, 1.54) is 0 Å². The number of aliphatic imine (C=N–C) groups is 1. The lowest BCUT2D eigenvalue weighted by atomic mass is 9.59. The molecule has 2 aliphatic rings. The number of likely N-dealkylation sites (N-methyl/N-ethyl adjacent to an activating group) is 1. The Kier molecular flexibility index (Phi) is 1.84. The van der Waals surface area contributed by atoms with Crippen LogP contribution in [0.15, 0.2) is 4.99 Å². The molecule has 4 heteroatoms. The van der Waals surface area contributed by atoms with E-state index >= 15 is 0 Å². The van der Waals surface area contributed by atoms with Crippen LogP contribution in [0.3, 0.4) is 0 Å². The van der Waals surface area contributed by atoms with Crippen LogP contribution in [0.25, 0.3) is 0 Å². The molecular formula is C10H17N3O. The molecule has 1 saturated carbocycles. The average Bonchev–Trinajstić information content (AvgIpc) is 2.40. The van der Waals surface area contributed by atoms with Crippen molar-refractivity contribution >= 4 is 11.9 Å². The smallest absolute Gasteiger partial charge is 0.346 e. The van der Waals surface area contributed by atoms with E-state index in [-0.39, 0.29) is 11.6 Å². The van der Waals surface area contributed by atoms with Gasteiger partial charge in [0.15, 0.2) is 0 Å². The van der Waals surface area contributed by atoms with Crippen molar-refractivity contribution < 1.29 is 4.79 Å². The van der Waals surface area contributed by atoms with Gasteiger partial charge in [0.25, 0.3) is 0 Å². The molecule has 1 spiro atoms. The summed E-state index contributed by atoms with van der Waals surface area (Å²) < 4.78 is 0. The van der Waals surface area contributed by atoms with Crippen molar-refractivity contribution in [1.29, 1.82) is 0 Å². The third-order valence-electron chi connectivity index (χ3n) is 3.93. The maximum Gasteiger partial charge on any atom is 0.346 e. The van der Waals surface area contributed by atoms with Gasteiger partial charge in [-0.15, -0.1) is 0 Å². The molecule has 3 unspecified atom stereocenters. The highest BCUT2D eigenvalue weighted by Gasteiger charge is 2.59. The molecule has 0 saturated heterocycles. The summed E-state index contributed by atoms with van der Waals surface area (Å²) in [6.45, 7) is 7.02. The summed E-state index contributed by atoms with van der Waals surface area (Å²) in [5.41, 5.74) is 5.63. The van der Waals surface area contributed by atoms with Gasteiger partial charge in [-0.25, -0.2) is 4.79 Å². The largest absolute Gasteiger partial charge is 0.385 e. The number of nitrogens with two attached hydrogens (primary N) is 1. The summed E-state index contributed by atoms with van der Waals surface area (Å²) in [7, 11) is 0. The third-order valence-corrected chi connectivity index (χ3v) is 3.93. The molecular weight excluding hydrogens is 178 g/mol. The lowest BCUT2D eigenvalue weighted by molar-refractivity contribution is 0.0126. The van der Waals surface area contributed by atoms with E-state index in [0.717, 1.165) is 6.42 Å². The summed E-state index contributed by atoms with van der Waals surface area (Å²) in [6.07, 6.45) is 0.961. The number of urea groups is 1. The third kappa shape index (κ3) is 0.837. The number of hydrogen-bond donors (Lipinski definition) is 1. The van der Waals surface area contributed by atoms with Crippen molar-refractivity contribution in [3.63, 3.8) is 0 Å². The fourth-order valence-corrected chi connectivity index (χ4v) is 2.84. The van der Waals surface area contributed by atoms with Gasteiger partial charge < -0.3 is 10.6 Å². The summed E-state index contributed by atoms with van der Waals surface area (Å²) in [6, 6.07) is -0.163. The van der Waals surface area contributed by atoms with Gasteiger partial charge in [0, 0.05) is 6.54 Å². The van der Waals surface area contributed by atoms with Gasteiger partial charge in [-0.1, -0.05) is 13.8 Å². The van der Waals surface area contributed by atoms with Crippen LogP contribution in [0.5, 0.6) is 0 Å². The Balaban J connectivity index is 2.35. The molecule has 1 heterocycles. The Bertz CT molecular complexity index is 312. The molecule has 2 N–H and O–H groups in total. The number of nitrogens with zero attached hydrogens (tertiary/aromatic N) is 2. The second-order valence-corrected chi connectivity index (χ2v) is 4.42. The zero-order chi connectivity index (χ0) is 10.5. The van der Waals surface area contributed by atoms with Gasteiger partial charge in [-0.2, -0.15) is 4.99 Å². The zero-order valence-corrected chi connectivity index (χ0v) is 8.95. The van der Waals surface area contributed by atoms with Gasteiger partial charge in [0.1, 0.15) is 11.4 Å². The first-order valence-corrected chi connectivity index (χ1v) is 5.20. The molecule has 2 amide bonds. The Morgan fingerprint density at radius 1 is 1.64 bits per heavy atom. The van der Waals surface area contributed by atoms with Crippen LogP contribution in [-0.4, -0.2) is 28.9 Å². The van der Waals surface area contributed by atoms with E-state index < -0.39 is 0 Å². The van der Waals surface area contributed by atoms with Crippen molar-refractivity contribution in [2.75, 3.05) is 6.54 Å². The Hall–Kier alpha value is -1.06. The molecule has 14 heavy (non-hydrogen) atoms. The minimum atomic E-state index is -0.245. The molecule has 0 aromatic rings. The molecule has 2 rings (SSSR count). The molecule has 4 nitrogen and oxygen atoms in total. The minimum Gasteiger partial charge on any atom is -0.385 e. The lowest BCUT2D eigenvalue weighted by Crippen LogP contribution is -2.67. The van der Waals surface area contributed by atoms with Gasteiger partial charge in [-0.3, -0.25) is 0 Å². The summed E-state index contributed by atoms with van der Waals surface area (Å²) in [5.74, 6) is 1.58. The fourth-order valence-electron chi connectivity index (χ4n) is 2.84. The van der Waals surface area contributed by atoms with Crippen LogP contribution < -0.4 is 5.73 Å². The molecule has 1 fully saturated rings. The van der Waals surface area contributed by atoms with Crippen LogP contribution in [-0.2, 0) is 0 Å². The zero-order valence-electron chi connectivity index (χ0n) is 8.95. The van der Waals surface area contributed by atoms with Crippen molar-refractivity contribution in [2.24, 2.45) is 22.6 Å². The first-order valence-electron chi connectivity index (χ1n) is 5.20. The maximum absolute atomic E-state index is 11.5. The molecule has 78 valence electrons. The van der Waals surface area contributed by atoms with Crippen LogP contribution in [0.4, 0.5) is 4.79 Å². The predicted molar refractivity (Wildman–Crippen MR) is 55.1 cm³/mol. The highest BCUT2D eigenvalue weighted by atomic mass is 16.2. The van der Waals surface area contributed by atoms with Crippen LogP contribution in [0, 0.1) is 11.8 Å². The number of amides is 2. The maximum atomic E-state index is 11.5. The van der Waals surface area contributed by atoms with Gasteiger partial charge in [0.05, 0.1) is 0 Å². The van der Waals surface area contributed by atoms with Gasteiger partial charge in [0.2, 0.25) is 0 Å². The van der Waals surface area contributed by atoms with Crippen molar-refractivity contribution in [3.05, 3.63) is 0 Å². The van der Waals surface area contributed by atoms with E-state index in [2.05, 4.69) is 18.8 Å². The lowest BCUT2D eigenvalue weighted by Gasteiger charge is -2.54. The highest BCUT2D eigenvalue weighted by molar-refractivity contribution is 6.06.